The maximum absolute atomic E-state index is 12.8. The zero-order valence-electron chi connectivity index (χ0n) is 18.5. The lowest BCUT2D eigenvalue weighted by molar-refractivity contribution is -0.129. The molecule has 1 atom stereocenters. The quantitative estimate of drug-likeness (QED) is 0.611. The van der Waals surface area contributed by atoms with Crippen LogP contribution in [0, 0.1) is 6.92 Å². The number of amides is 3. The Kier molecular flexibility index (Phi) is 7.78. The molecule has 0 aliphatic carbocycles. The van der Waals surface area contributed by atoms with E-state index in [0.717, 1.165) is 51.9 Å². The molecule has 0 aromatic heterocycles. The van der Waals surface area contributed by atoms with Crippen molar-refractivity contribution in [3.63, 3.8) is 0 Å². The van der Waals surface area contributed by atoms with E-state index in [1.165, 1.54) is 0 Å². The van der Waals surface area contributed by atoms with Gasteiger partial charge in [-0.05, 0) is 79.3 Å². The van der Waals surface area contributed by atoms with E-state index in [9.17, 15) is 14.4 Å². The van der Waals surface area contributed by atoms with Gasteiger partial charge in [0, 0.05) is 13.2 Å². The monoisotopic (exact) mass is 446 g/mol. The number of nitrogens with zero attached hydrogens (tertiary/aromatic N) is 1. The zero-order chi connectivity index (χ0) is 22.5. The van der Waals surface area contributed by atoms with Gasteiger partial charge in [0.1, 0.15) is 12.3 Å². The topological polar surface area (TPSA) is 84.9 Å². The van der Waals surface area contributed by atoms with Crippen LogP contribution in [-0.4, -0.2) is 54.4 Å². The molecule has 168 valence electrons. The van der Waals surface area contributed by atoms with Crippen molar-refractivity contribution in [2.24, 2.45) is 0 Å². The Morgan fingerprint density at radius 3 is 2.81 bits per heavy atom. The van der Waals surface area contributed by atoms with E-state index in [-0.39, 0.29) is 24.5 Å². The molecule has 0 saturated carbocycles. The van der Waals surface area contributed by atoms with Gasteiger partial charge in [0.25, 0.3) is 11.1 Å². The van der Waals surface area contributed by atoms with Crippen molar-refractivity contribution in [2.45, 2.75) is 52.6 Å². The molecule has 7 nitrogen and oxygen atoms in total. The molecule has 2 aliphatic heterocycles. The van der Waals surface area contributed by atoms with Crippen molar-refractivity contribution in [1.82, 2.24) is 10.2 Å². The molecule has 3 rings (SSSR count). The molecule has 0 unspecified atom stereocenters. The van der Waals surface area contributed by atoms with E-state index < -0.39 is 11.1 Å². The van der Waals surface area contributed by atoms with Gasteiger partial charge in [0.15, 0.2) is 0 Å². The van der Waals surface area contributed by atoms with Crippen LogP contribution in [0.25, 0.3) is 6.08 Å². The number of rotatable bonds is 8. The van der Waals surface area contributed by atoms with Gasteiger partial charge in [-0.15, -0.1) is 0 Å². The van der Waals surface area contributed by atoms with Crippen molar-refractivity contribution in [1.29, 1.82) is 0 Å². The molecule has 3 amide bonds. The molecular weight excluding hydrogens is 416 g/mol. The first kappa shape index (κ1) is 23.3. The smallest absolute Gasteiger partial charge is 0.294 e. The lowest BCUT2D eigenvalue weighted by atomic mass is 9.96. The SMILES string of the molecule is CCOc1cc(C)c(/C=C2\SC(=O)N(CC(=O)NC[C@H]3CCCO3)C2=O)cc1C(C)C. The van der Waals surface area contributed by atoms with Gasteiger partial charge in [0.05, 0.1) is 17.6 Å². The van der Waals surface area contributed by atoms with E-state index in [0.29, 0.717) is 24.7 Å². The normalized spacial score (nSPS) is 20.2. The molecule has 1 N–H and O–H groups in total. The zero-order valence-corrected chi connectivity index (χ0v) is 19.3. The van der Waals surface area contributed by atoms with Crippen LogP contribution >= 0.6 is 11.8 Å². The second-order valence-corrected chi connectivity index (χ2v) is 9.03. The Balaban J connectivity index is 1.72. The first-order valence-electron chi connectivity index (χ1n) is 10.7. The average molecular weight is 447 g/mol. The predicted molar refractivity (Wildman–Crippen MR) is 121 cm³/mol. The average Bonchev–Trinajstić information content (AvgIpc) is 3.32. The van der Waals surface area contributed by atoms with Crippen molar-refractivity contribution in [2.75, 3.05) is 26.3 Å². The Hall–Kier alpha value is -2.32. The Labute approximate surface area is 187 Å². The van der Waals surface area contributed by atoms with Gasteiger partial charge >= 0.3 is 0 Å². The van der Waals surface area contributed by atoms with E-state index in [1.807, 2.05) is 26.0 Å². The third kappa shape index (κ3) is 5.68. The number of carbonyl (C=O) groups is 3. The third-order valence-electron chi connectivity index (χ3n) is 5.33. The van der Waals surface area contributed by atoms with Crippen molar-refractivity contribution < 1.29 is 23.9 Å². The van der Waals surface area contributed by atoms with Gasteiger partial charge < -0.3 is 14.8 Å². The summed E-state index contributed by atoms with van der Waals surface area (Å²) < 4.78 is 11.2. The van der Waals surface area contributed by atoms with Gasteiger partial charge in [-0.2, -0.15) is 0 Å². The maximum Gasteiger partial charge on any atom is 0.294 e. The van der Waals surface area contributed by atoms with Gasteiger partial charge in [-0.25, -0.2) is 0 Å². The summed E-state index contributed by atoms with van der Waals surface area (Å²) in [5, 5.41) is 2.32. The Morgan fingerprint density at radius 1 is 1.39 bits per heavy atom. The van der Waals surface area contributed by atoms with Crippen LogP contribution in [0.2, 0.25) is 0 Å². The fourth-order valence-corrected chi connectivity index (χ4v) is 4.44. The summed E-state index contributed by atoms with van der Waals surface area (Å²) in [6.07, 6.45) is 3.63. The molecule has 8 heteroatoms. The summed E-state index contributed by atoms with van der Waals surface area (Å²) in [4.78, 5) is 38.7. The highest BCUT2D eigenvalue weighted by Gasteiger charge is 2.36. The summed E-state index contributed by atoms with van der Waals surface area (Å²) >= 11 is 0.862. The lowest BCUT2D eigenvalue weighted by Gasteiger charge is -2.16. The van der Waals surface area contributed by atoms with E-state index in [1.54, 1.807) is 6.08 Å². The first-order chi connectivity index (χ1) is 14.8. The van der Waals surface area contributed by atoms with Crippen molar-refractivity contribution in [3.8, 4) is 5.75 Å². The largest absolute Gasteiger partial charge is 0.494 e. The summed E-state index contributed by atoms with van der Waals surface area (Å²) in [7, 11) is 0. The predicted octanol–water partition coefficient (Wildman–Crippen LogP) is 3.85. The third-order valence-corrected chi connectivity index (χ3v) is 6.24. The molecule has 2 saturated heterocycles. The van der Waals surface area contributed by atoms with Gasteiger partial charge in [-0.1, -0.05) is 13.8 Å². The van der Waals surface area contributed by atoms with Crippen molar-refractivity contribution in [3.05, 3.63) is 33.7 Å². The number of thioether (sulfide) groups is 1. The van der Waals surface area contributed by atoms with Crippen LogP contribution in [-0.2, 0) is 14.3 Å². The minimum Gasteiger partial charge on any atom is -0.494 e. The first-order valence-corrected chi connectivity index (χ1v) is 11.5. The number of aryl methyl sites for hydroxylation is 1. The number of benzene rings is 1. The summed E-state index contributed by atoms with van der Waals surface area (Å²) in [5.74, 6) is 0.278. The Bertz CT molecular complexity index is 890. The summed E-state index contributed by atoms with van der Waals surface area (Å²) in [5.41, 5.74) is 2.86. The van der Waals surface area contributed by atoms with Crippen LogP contribution in [0.4, 0.5) is 4.79 Å². The van der Waals surface area contributed by atoms with Crippen LogP contribution in [0.15, 0.2) is 17.0 Å². The molecule has 1 aromatic carbocycles. The lowest BCUT2D eigenvalue weighted by Crippen LogP contribution is -2.41. The fraction of sp³-hybridized carbons (Fsp3) is 0.522. The molecule has 0 spiro atoms. The minimum atomic E-state index is -0.443. The van der Waals surface area contributed by atoms with E-state index in [2.05, 4.69) is 19.2 Å². The van der Waals surface area contributed by atoms with Gasteiger partial charge in [0.2, 0.25) is 5.91 Å². The van der Waals surface area contributed by atoms with Gasteiger partial charge in [-0.3, -0.25) is 19.3 Å². The highest BCUT2D eigenvalue weighted by Crippen LogP contribution is 2.35. The van der Waals surface area contributed by atoms with Crippen molar-refractivity contribution >= 4 is 34.9 Å². The van der Waals surface area contributed by atoms with E-state index >= 15 is 0 Å². The Morgan fingerprint density at radius 2 is 2.16 bits per heavy atom. The van der Waals surface area contributed by atoms with E-state index in [4.69, 9.17) is 9.47 Å². The number of hydrogen-bond donors (Lipinski definition) is 1. The fourth-order valence-electron chi connectivity index (χ4n) is 3.61. The highest BCUT2D eigenvalue weighted by molar-refractivity contribution is 8.18. The number of imide groups is 1. The number of carbonyl (C=O) groups excluding carboxylic acids is 3. The molecule has 31 heavy (non-hydrogen) atoms. The molecule has 0 bridgehead atoms. The molecule has 2 heterocycles. The maximum atomic E-state index is 12.8. The second-order valence-electron chi connectivity index (χ2n) is 8.04. The highest BCUT2D eigenvalue weighted by atomic mass is 32.2. The van der Waals surface area contributed by atoms with Crippen LogP contribution in [0.5, 0.6) is 5.75 Å². The number of hydrogen-bond acceptors (Lipinski definition) is 6. The van der Waals surface area contributed by atoms with Crippen LogP contribution in [0.1, 0.15) is 56.2 Å². The second kappa shape index (κ2) is 10.3. The molecule has 0 radical (unpaired) electrons. The molecular formula is C23H30N2O5S. The number of ether oxygens (including phenoxy) is 2. The van der Waals surface area contributed by atoms with Crippen LogP contribution in [0.3, 0.4) is 0 Å². The minimum absolute atomic E-state index is 0.0107. The number of nitrogens with one attached hydrogen (secondary N) is 1. The molecule has 1 aromatic rings. The molecule has 2 aliphatic rings. The standard InChI is InChI=1S/C23H30N2O5S/c1-5-29-19-9-15(4)16(10-18(19)14(2)3)11-20-22(27)25(23(28)31-20)13-21(26)24-12-17-7-6-8-30-17/h9-11,14,17H,5-8,12-13H2,1-4H3,(H,24,26)/b20-11-/t17-/m1/s1. The summed E-state index contributed by atoms with van der Waals surface area (Å²) in [6, 6.07) is 3.97. The summed E-state index contributed by atoms with van der Waals surface area (Å²) in [6.45, 7) is 9.45. The van der Waals surface area contributed by atoms with Crippen LogP contribution < -0.4 is 10.1 Å². The molecule has 2 fully saturated rings.